The third-order valence-electron chi connectivity index (χ3n) is 4.47. The molecule has 6 nitrogen and oxygen atoms in total. The van der Waals surface area contributed by atoms with Gasteiger partial charge in [0.25, 0.3) is 11.5 Å². The van der Waals surface area contributed by atoms with Crippen molar-refractivity contribution >= 4 is 32.6 Å². The van der Waals surface area contributed by atoms with Crippen LogP contribution in [-0.4, -0.2) is 28.7 Å². The Labute approximate surface area is 183 Å². The number of aromatic nitrogens is 2. The number of hydrogen-bond acceptors (Lipinski definition) is 5. The van der Waals surface area contributed by atoms with Crippen LogP contribution >= 0.6 is 11.3 Å². The molecule has 2 heterocycles. The first kappa shape index (κ1) is 21.6. The summed E-state index contributed by atoms with van der Waals surface area (Å²) in [6, 6.07) is 14.9. The molecule has 0 saturated heterocycles. The molecule has 2 N–H and O–H groups in total. The molecule has 0 aliphatic carbocycles. The minimum absolute atomic E-state index is 0.0412. The van der Waals surface area contributed by atoms with Gasteiger partial charge in [-0.15, -0.1) is 0 Å². The maximum absolute atomic E-state index is 12.6. The molecule has 164 valence electrons. The van der Waals surface area contributed by atoms with Crippen LogP contribution in [0.1, 0.15) is 15.9 Å². The first-order valence-corrected chi connectivity index (χ1v) is 10.2. The number of ether oxygens (including phenoxy) is 1. The summed E-state index contributed by atoms with van der Waals surface area (Å²) < 4.78 is 42.2. The number of pyridine rings is 1. The van der Waals surface area contributed by atoms with Gasteiger partial charge in [-0.05, 0) is 48.9 Å². The summed E-state index contributed by atoms with van der Waals surface area (Å²) in [5.74, 6) is -0.603. The van der Waals surface area contributed by atoms with E-state index in [0.29, 0.717) is 15.9 Å². The Morgan fingerprint density at radius 2 is 1.97 bits per heavy atom. The Hall–Kier alpha value is -3.66. The van der Waals surface area contributed by atoms with Gasteiger partial charge in [0.1, 0.15) is 11.3 Å². The monoisotopic (exact) mass is 459 g/mol. The number of benzene rings is 2. The smallest absolute Gasteiger partial charge is 0.422 e. The zero-order valence-corrected chi connectivity index (χ0v) is 17.4. The molecule has 0 aliphatic rings. The number of alkyl halides is 3. The predicted molar refractivity (Wildman–Crippen MR) is 116 cm³/mol. The van der Waals surface area contributed by atoms with Crippen LogP contribution in [0, 0.1) is 6.92 Å². The number of rotatable bonds is 5. The molecule has 2 aromatic carbocycles. The van der Waals surface area contributed by atoms with Crippen molar-refractivity contribution in [1.82, 2.24) is 9.97 Å². The van der Waals surface area contributed by atoms with E-state index in [9.17, 15) is 22.8 Å². The van der Waals surface area contributed by atoms with Crippen molar-refractivity contribution in [2.75, 3.05) is 11.9 Å². The zero-order chi connectivity index (χ0) is 22.9. The number of nitrogens with one attached hydrogen (secondary N) is 2. The van der Waals surface area contributed by atoms with Gasteiger partial charge in [-0.2, -0.15) is 13.2 Å². The molecular formula is C22H16F3N3O3S. The van der Waals surface area contributed by atoms with Crippen molar-refractivity contribution in [3.8, 4) is 17.0 Å². The van der Waals surface area contributed by atoms with Crippen molar-refractivity contribution in [2.24, 2.45) is 0 Å². The fourth-order valence-corrected chi connectivity index (χ4v) is 3.90. The number of anilines is 1. The second-order valence-corrected chi connectivity index (χ2v) is 8.02. The fourth-order valence-electron chi connectivity index (χ4n) is 3.01. The highest BCUT2D eigenvalue weighted by molar-refractivity contribution is 7.22. The van der Waals surface area contributed by atoms with Gasteiger partial charge in [-0.1, -0.05) is 35.1 Å². The van der Waals surface area contributed by atoms with Gasteiger partial charge in [-0.25, -0.2) is 4.98 Å². The first-order chi connectivity index (χ1) is 15.2. The summed E-state index contributed by atoms with van der Waals surface area (Å²) >= 11 is 1.06. The van der Waals surface area contributed by atoms with Crippen molar-refractivity contribution in [3.05, 3.63) is 76.1 Å². The Morgan fingerprint density at radius 1 is 1.16 bits per heavy atom. The van der Waals surface area contributed by atoms with Crippen LogP contribution in [0.4, 0.5) is 18.3 Å². The lowest BCUT2D eigenvalue weighted by atomic mass is 10.1. The maximum atomic E-state index is 12.6. The third kappa shape index (κ3) is 4.97. The van der Waals surface area contributed by atoms with Crippen LogP contribution in [-0.2, 0) is 0 Å². The summed E-state index contributed by atoms with van der Waals surface area (Å²) in [6.07, 6.45) is -4.44. The molecule has 2 aromatic heterocycles. The largest absolute Gasteiger partial charge is 0.484 e. The van der Waals surface area contributed by atoms with E-state index in [2.05, 4.69) is 15.3 Å². The molecule has 10 heteroatoms. The van der Waals surface area contributed by atoms with Crippen LogP contribution in [0.15, 0.2) is 59.4 Å². The van der Waals surface area contributed by atoms with Gasteiger partial charge in [0.05, 0.1) is 10.2 Å². The number of halogens is 3. The van der Waals surface area contributed by atoms with Crippen LogP contribution in [0.5, 0.6) is 5.75 Å². The van der Waals surface area contributed by atoms with Crippen LogP contribution in [0.3, 0.4) is 0 Å². The van der Waals surface area contributed by atoms with Crippen molar-refractivity contribution in [3.63, 3.8) is 0 Å². The Balaban J connectivity index is 1.51. The molecule has 0 fully saturated rings. The molecule has 0 aliphatic heterocycles. The van der Waals surface area contributed by atoms with Crippen molar-refractivity contribution in [2.45, 2.75) is 13.1 Å². The van der Waals surface area contributed by atoms with Gasteiger partial charge < -0.3 is 9.72 Å². The summed E-state index contributed by atoms with van der Waals surface area (Å²) in [5, 5.41) is 2.77. The second-order valence-electron chi connectivity index (χ2n) is 6.99. The standard InChI is InChI=1S/C22H16F3N3O3S/c1-12-3-2-4-13(9-12)16-8-6-15(19(29)26-16)20(30)28-21-27-17-7-5-14(10-18(17)32-21)31-11-22(23,24)25/h2-10H,11H2,1H3,(H,26,29)(H,27,28,30). The van der Waals surface area contributed by atoms with Crippen LogP contribution in [0.2, 0.25) is 0 Å². The summed E-state index contributed by atoms with van der Waals surface area (Å²) in [4.78, 5) is 32.0. The predicted octanol–water partition coefficient (Wildman–Crippen LogP) is 5.15. The van der Waals surface area contributed by atoms with E-state index < -0.39 is 24.2 Å². The lowest BCUT2D eigenvalue weighted by molar-refractivity contribution is -0.153. The molecule has 1 amide bonds. The summed E-state index contributed by atoms with van der Waals surface area (Å²) in [7, 11) is 0. The van der Waals surface area contributed by atoms with E-state index in [1.54, 1.807) is 6.07 Å². The number of fused-ring (bicyclic) bond motifs is 1. The Kier molecular flexibility index (Phi) is 5.70. The number of aryl methyl sites for hydroxylation is 1. The van der Waals surface area contributed by atoms with Gasteiger partial charge in [-0.3, -0.25) is 14.9 Å². The summed E-state index contributed by atoms with van der Waals surface area (Å²) in [6.45, 7) is 0.537. The molecule has 0 saturated carbocycles. The van der Waals surface area contributed by atoms with Crippen molar-refractivity contribution < 1.29 is 22.7 Å². The van der Waals surface area contributed by atoms with Gasteiger partial charge in [0, 0.05) is 5.69 Å². The topological polar surface area (TPSA) is 84.1 Å². The number of carbonyl (C=O) groups excluding carboxylic acids is 1. The molecule has 32 heavy (non-hydrogen) atoms. The highest BCUT2D eigenvalue weighted by Gasteiger charge is 2.28. The minimum Gasteiger partial charge on any atom is -0.484 e. The lowest BCUT2D eigenvalue weighted by Gasteiger charge is -2.08. The normalized spacial score (nSPS) is 11.5. The average molecular weight is 459 g/mol. The van der Waals surface area contributed by atoms with Gasteiger partial charge in [0.15, 0.2) is 11.7 Å². The number of aromatic amines is 1. The second kappa shape index (κ2) is 8.46. The summed E-state index contributed by atoms with van der Waals surface area (Å²) in [5.41, 5.74) is 2.28. The third-order valence-corrected chi connectivity index (χ3v) is 5.40. The van der Waals surface area contributed by atoms with Crippen LogP contribution < -0.4 is 15.6 Å². The molecule has 0 spiro atoms. The number of thiazole rings is 1. The molecule has 0 atom stereocenters. The van der Waals surface area contributed by atoms with E-state index in [-0.39, 0.29) is 16.4 Å². The average Bonchev–Trinajstić information content (AvgIpc) is 3.13. The lowest BCUT2D eigenvalue weighted by Crippen LogP contribution is -2.23. The van der Waals surface area contributed by atoms with E-state index in [4.69, 9.17) is 4.74 Å². The van der Waals surface area contributed by atoms with E-state index in [0.717, 1.165) is 22.5 Å². The van der Waals surface area contributed by atoms with Crippen LogP contribution in [0.25, 0.3) is 21.5 Å². The maximum Gasteiger partial charge on any atom is 0.422 e. The molecule has 0 unspecified atom stereocenters. The molecule has 0 radical (unpaired) electrons. The number of amides is 1. The molecule has 0 bridgehead atoms. The first-order valence-electron chi connectivity index (χ1n) is 9.40. The Morgan fingerprint density at radius 3 is 2.69 bits per heavy atom. The fraction of sp³-hybridized carbons (Fsp3) is 0.136. The zero-order valence-electron chi connectivity index (χ0n) is 16.6. The van der Waals surface area contributed by atoms with E-state index >= 15 is 0 Å². The SMILES string of the molecule is Cc1cccc(-c2ccc(C(=O)Nc3nc4ccc(OCC(F)(F)F)cc4s3)c(=O)[nH]2)c1. The number of hydrogen-bond donors (Lipinski definition) is 2. The molecular weight excluding hydrogens is 443 g/mol. The Bertz CT molecular complexity index is 1360. The quantitative estimate of drug-likeness (QED) is 0.432. The van der Waals surface area contributed by atoms with Gasteiger partial charge in [0.2, 0.25) is 0 Å². The van der Waals surface area contributed by atoms with Gasteiger partial charge >= 0.3 is 6.18 Å². The molecule has 4 aromatic rings. The molecule has 4 rings (SSSR count). The minimum atomic E-state index is -4.44. The highest BCUT2D eigenvalue weighted by Crippen LogP contribution is 2.30. The number of H-pyrrole nitrogens is 1. The van der Waals surface area contributed by atoms with E-state index in [1.165, 1.54) is 24.3 Å². The van der Waals surface area contributed by atoms with Crippen molar-refractivity contribution in [1.29, 1.82) is 0 Å². The highest BCUT2D eigenvalue weighted by atomic mass is 32.1. The number of nitrogens with zero attached hydrogens (tertiary/aromatic N) is 1. The van der Waals surface area contributed by atoms with E-state index in [1.807, 2.05) is 31.2 Å². The number of carbonyl (C=O) groups is 1.